The molecule has 110 valence electrons. The number of carboxylic acids is 1. The second-order valence-electron chi connectivity index (χ2n) is 4.70. The first-order chi connectivity index (χ1) is 10.6. The van der Waals surface area contributed by atoms with Gasteiger partial charge in [0, 0.05) is 5.56 Å². The molecule has 6 nitrogen and oxygen atoms in total. The number of benzene rings is 2. The van der Waals surface area contributed by atoms with Crippen LogP contribution in [-0.4, -0.2) is 22.5 Å². The fourth-order valence-corrected chi connectivity index (χ4v) is 2.62. The molecule has 22 heavy (non-hydrogen) atoms. The van der Waals surface area contributed by atoms with Crippen molar-refractivity contribution in [2.75, 3.05) is 0 Å². The second kappa shape index (κ2) is 4.64. The van der Waals surface area contributed by atoms with Crippen LogP contribution in [0, 0.1) is 0 Å². The third kappa shape index (κ3) is 1.81. The number of carbonyl (C=O) groups is 1. The highest BCUT2D eigenvalue weighted by Gasteiger charge is 2.34. The molecule has 1 aliphatic rings. The van der Waals surface area contributed by atoms with Crippen LogP contribution in [0.15, 0.2) is 40.9 Å². The van der Waals surface area contributed by atoms with Gasteiger partial charge in [-0.05, 0) is 6.07 Å². The molecule has 1 aromatic heterocycles. The Hall–Kier alpha value is -2.73. The Morgan fingerprint density at radius 2 is 2.00 bits per heavy atom. The van der Waals surface area contributed by atoms with Crippen LogP contribution in [0.1, 0.15) is 0 Å². The Morgan fingerprint density at radius 1 is 1.23 bits per heavy atom. The van der Waals surface area contributed by atoms with Gasteiger partial charge < -0.3 is 19.1 Å². The molecule has 3 aromatic rings. The lowest BCUT2D eigenvalue weighted by Crippen LogP contribution is -2.28. The van der Waals surface area contributed by atoms with Gasteiger partial charge in [-0.25, -0.2) is 4.79 Å². The van der Waals surface area contributed by atoms with Crippen molar-refractivity contribution < 1.29 is 23.9 Å². The molecular formula is C15H8ClNO5. The number of hydrogen-bond donors (Lipinski definition) is 1. The van der Waals surface area contributed by atoms with Gasteiger partial charge in [0.15, 0.2) is 17.1 Å². The molecule has 0 bridgehead atoms. The summed E-state index contributed by atoms with van der Waals surface area (Å²) in [5.74, 6) is -0.826. The van der Waals surface area contributed by atoms with Crippen molar-refractivity contribution in [1.29, 1.82) is 0 Å². The molecule has 4 rings (SSSR count). The number of hydrogen-bond acceptors (Lipinski definition) is 5. The molecule has 0 aliphatic carbocycles. The Labute approximate surface area is 128 Å². The van der Waals surface area contributed by atoms with Gasteiger partial charge in [0.25, 0.3) is 0 Å². The summed E-state index contributed by atoms with van der Waals surface area (Å²) < 4.78 is 15.7. The molecule has 0 amide bonds. The van der Waals surface area contributed by atoms with Gasteiger partial charge in [-0.15, -0.1) is 0 Å². The molecule has 2 aromatic carbocycles. The van der Waals surface area contributed by atoms with E-state index in [0.717, 1.165) is 5.56 Å². The quantitative estimate of drug-likeness (QED) is 0.780. The molecule has 0 saturated carbocycles. The maximum atomic E-state index is 11.0. The Kier molecular flexibility index (Phi) is 2.74. The lowest BCUT2D eigenvalue weighted by molar-refractivity contribution is -0.154. The van der Waals surface area contributed by atoms with Crippen molar-refractivity contribution in [1.82, 2.24) is 5.16 Å². The lowest BCUT2D eigenvalue weighted by atomic mass is 10.1. The van der Waals surface area contributed by atoms with Gasteiger partial charge in [0.2, 0.25) is 0 Å². The van der Waals surface area contributed by atoms with Crippen molar-refractivity contribution >= 4 is 28.5 Å². The number of aliphatic carboxylic acids is 1. The summed E-state index contributed by atoms with van der Waals surface area (Å²) in [6.45, 7) is 0. The van der Waals surface area contributed by atoms with Crippen LogP contribution in [0.3, 0.4) is 0 Å². The normalized spacial score (nSPS) is 16.1. The van der Waals surface area contributed by atoms with E-state index in [1.165, 1.54) is 0 Å². The summed E-state index contributed by atoms with van der Waals surface area (Å²) in [6.07, 6.45) is -1.41. The predicted octanol–water partition coefficient (Wildman–Crippen LogP) is 3.33. The van der Waals surface area contributed by atoms with Gasteiger partial charge in [-0.3, -0.25) is 0 Å². The van der Waals surface area contributed by atoms with E-state index in [1.54, 1.807) is 6.07 Å². The minimum absolute atomic E-state index is 0.144. The van der Waals surface area contributed by atoms with E-state index in [2.05, 4.69) is 5.16 Å². The maximum absolute atomic E-state index is 11.0. The summed E-state index contributed by atoms with van der Waals surface area (Å²) in [7, 11) is 0. The third-order valence-corrected chi connectivity index (χ3v) is 3.68. The van der Waals surface area contributed by atoms with Gasteiger partial charge in [0.1, 0.15) is 10.7 Å². The molecule has 0 saturated heterocycles. The fraction of sp³-hybridized carbons (Fsp3) is 0.0667. The van der Waals surface area contributed by atoms with E-state index in [4.69, 9.17) is 30.7 Å². The van der Waals surface area contributed by atoms with Gasteiger partial charge in [0.05, 0.1) is 5.39 Å². The minimum atomic E-state index is -1.41. The number of nitrogens with zero attached hydrogens (tertiary/aromatic N) is 1. The first-order valence-electron chi connectivity index (χ1n) is 6.38. The highest BCUT2D eigenvalue weighted by Crippen LogP contribution is 2.47. The first kappa shape index (κ1) is 13.0. The molecule has 1 N–H and O–H groups in total. The van der Waals surface area contributed by atoms with Crippen molar-refractivity contribution in [3.63, 3.8) is 0 Å². The van der Waals surface area contributed by atoms with E-state index >= 15 is 0 Å². The molecule has 1 unspecified atom stereocenters. The summed E-state index contributed by atoms with van der Waals surface area (Å²) in [6, 6.07) is 11.0. The molecule has 1 aliphatic heterocycles. The summed E-state index contributed by atoms with van der Waals surface area (Å²) in [5, 5.41) is 13.8. The zero-order valence-corrected chi connectivity index (χ0v) is 11.7. The number of halogens is 1. The van der Waals surface area contributed by atoms with Crippen LogP contribution in [0.2, 0.25) is 5.02 Å². The van der Waals surface area contributed by atoms with Crippen molar-refractivity contribution in [3.8, 4) is 22.8 Å². The monoisotopic (exact) mass is 317 g/mol. The van der Waals surface area contributed by atoms with Crippen molar-refractivity contribution in [2.24, 2.45) is 0 Å². The van der Waals surface area contributed by atoms with Crippen molar-refractivity contribution in [3.05, 3.63) is 41.4 Å². The maximum Gasteiger partial charge on any atom is 0.387 e. The van der Waals surface area contributed by atoms with Crippen LogP contribution in [0.5, 0.6) is 11.5 Å². The number of ether oxygens (including phenoxy) is 2. The third-order valence-electron chi connectivity index (χ3n) is 3.33. The molecule has 7 heteroatoms. The number of aromatic nitrogens is 1. The number of carboxylic acid groups (broad SMARTS) is 1. The van der Waals surface area contributed by atoms with E-state index in [-0.39, 0.29) is 16.5 Å². The zero-order chi connectivity index (χ0) is 15.3. The molecule has 0 fully saturated rings. The largest absolute Gasteiger partial charge is 0.476 e. The SMILES string of the molecule is O=C(O)C1Oc2cc3c(-c4ccccc4)noc3c(Cl)c2O1. The Morgan fingerprint density at radius 3 is 2.73 bits per heavy atom. The van der Waals surface area contributed by atoms with E-state index in [1.807, 2.05) is 30.3 Å². The van der Waals surface area contributed by atoms with E-state index in [9.17, 15) is 4.79 Å². The van der Waals surface area contributed by atoms with Gasteiger partial charge in [-0.1, -0.05) is 47.1 Å². The highest BCUT2D eigenvalue weighted by atomic mass is 35.5. The fourth-order valence-electron chi connectivity index (χ4n) is 2.35. The summed E-state index contributed by atoms with van der Waals surface area (Å²) in [5.41, 5.74) is 1.78. The molecule has 2 heterocycles. The van der Waals surface area contributed by atoms with E-state index < -0.39 is 12.3 Å². The highest BCUT2D eigenvalue weighted by molar-refractivity contribution is 6.37. The molecular weight excluding hydrogens is 310 g/mol. The Balaban J connectivity index is 1.91. The van der Waals surface area contributed by atoms with E-state index in [0.29, 0.717) is 16.7 Å². The summed E-state index contributed by atoms with van der Waals surface area (Å²) >= 11 is 6.23. The summed E-state index contributed by atoms with van der Waals surface area (Å²) in [4.78, 5) is 11.0. The van der Waals surface area contributed by atoms with Gasteiger partial charge >= 0.3 is 12.3 Å². The average molecular weight is 318 g/mol. The number of fused-ring (bicyclic) bond motifs is 2. The van der Waals surface area contributed by atoms with Crippen LogP contribution < -0.4 is 9.47 Å². The van der Waals surface area contributed by atoms with Crippen LogP contribution >= 0.6 is 11.6 Å². The molecule has 0 spiro atoms. The molecule has 0 radical (unpaired) electrons. The van der Waals surface area contributed by atoms with Gasteiger partial charge in [-0.2, -0.15) is 0 Å². The van der Waals surface area contributed by atoms with Crippen LogP contribution in [-0.2, 0) is 4.79 Å². The minimum Gasteiger partial charge on any atom is -0.476 e. The first-order valence-corrected chi connectivity index (χ1v) is 6.76. The predicted molar refractivity (Wildman–Crippen MR) is 77.1 cm³/mol. The Bertz CT molecular complexity index is 890. The smallest absolute Gasteiger partial charge is 0.387 e. The standard InChI is InChI=1S/C15H8ClNO5/c16-10-12-8(6-9-13(10)21-15(20-9)14(18)19)11(17-22-12)7-4-2-1-3-5-7/h1-6,15H,(H,18,19). The van der Waals surface area contributed by atoms with Crippen LogP contribution in [0.25, 0.3) is 22.2 Å². The topological polar surface area (TPSA) is 81.8 Å². The number of rotatable bonds is 2. The average Bonchev–Trinajstić information content (AvgIpc) is 3.13. The second-order valence-corrected chi connectivity index (χ2v) is 5.08. The van der Waals surface area contributed by atoms with Crippen molar-refractivity contribution in [2.45, 2.75) is 6.29 Å². The zero-order valence-electron chi connectivity index (χ0n) is 10.9. The lowest BCUT2D eigenvalue weighted by Gasteiger charge is -2.02. The van der Waals surface area contributed by atoms with Crippen LogP contribution in [0.4, 0.5) is 0 Å². The molecule has 1 atom stereocenters.